The van der Waals surface area contributed by atoms with Gasteiger partial charge in [0.1, 0.15) is 11.0 Å². The molecule has 1 amide bonds. The lowest BCUT2D eigenvalue weighted by Crippen LogP contribution is -2.49. The number of anilines is 1. The zero-order valence-electron chi connectivity index (χ0n) is 18.5. The van der Waals surface area contributed by atoms with Crippen molar-refractivity contribution in [3.8, 4) is 0 Å². The number of carbonyl (C=O) groups is 1. The molecule has 0 aliphatic carbocycles. The van der Waals surface area contributed by atoms with E-state index in [-0.39, 0.29) is 17.9 Å². The number of para-hydroxylation sites is 1. The molecule has 1 aliphatic heterocycles. The number of fused-ring (bicyclic) bond motifs is 3. The molecule has 2 aromatic heterocycles. The highest BCUT2D eigenvalue weighted by atomic mass is 16.2. The monoisotopic (exact) mass is 429 g/mol. The van der Waals surface area contributed by atoms with Gasteiger partial charge in [-0.05, 0) is 31.5 Å². The van der Waals surface area contributed by atoms with Gasteiger partial charge in [-0.25, -0.2) is 4.98 Å². The molecule has 7 heteroatoms. The predicted octanol–water partition coefficient (Wildman–Crippen LogP) is 3.23. The maximum atomic E-state index is 12.9. The van der Waals surface area contributed by atoms with Gasteiger partial charge < -0.3 is 14.8 Å². The van der Waals surface area contributed by atoms with Crippen LogP contribution in [0.4, 0.5) is 5.69 Å². The number of rotatable bonds is 4. The Morgan fingerprint density at radius 2 is 1.84 bits per heavy atom. The number of hydrogen-bond acceptors (Lipinski definition) is 4. The summed E-state index contributed by atoms with van der Waals surface area (Å²) in [7, 11) is 0. The van der Waals surface area contributed by atoms with Gasteiger partial charge in [-0.15, -0.1) is 0 Å². The topological polar surface area (TPSA) is 74.2 Å². The summed E-state index contributed by atoms with van der Waals surface area (Å²) in [6.07, 6.45) is 1.84. The van der Waals surface area contributed by atoms with E-state index in [1.807, 2.05) is 29.2 Å². The fourth-order valence-electron chi connectivity index (χ4n) is 4.63. The van der Waals surface area contributed by atoms with Crippen molar-refractivity contribution in [2.45, 2.75) is 26.8 Å². The standard InChI is InChI=1S/C25H27N5O2/c1-17-7-8-21(18(2)15-17)28-11-13-29(14-12-28)22(31)9-10-30-16-26-23-19-5-3-4-6-20(19)27-24(23)25(30)32/h3-8,15-16,27H,9-14H2,1-2H3. The van der Waals surface area contributed by atoms with Crippen LogP contribution in [0.5, 0.6) is 0 Å². The number of nitrogens with zero attached hydrogens (tertiary/aromatic N) is 4. The van der Waals surface area contributed by atoms with Crippen molar-refractivity contribution >= 4 is 33.5 Å². The van der Waals surface area contributed by atoms with Gasteiger partial charge in [0.15, 0.2) is 0 Å². The molecule has 5 rings (SSSR count). The quantitative estimate of drug-likeness (QED) is 0.541. The number of carbonyl (C=O) groups excluding carboxylic acids is 1. The minimum absolute atomic E-state index is 0.0777. The van der Waals surface area contributed by atoms with E-state index in [1.54, 1.807) is 6.33 Å². The number of piperazine rings is 1. The summed E-state index contributed by atoms with van der Waals surface area (Å²) in [6, 6.07) is 14.2. The second-order valence-electron chi connectivity index (χ2n) is 8.55. The Bertz CT molecular complexity index is 1360. The Hall–Kier alpha value is -3.61. The van der Waals surface area contributed by atoms with Crippen molar-refractivity contribution in [2.75, 3.05) is 31.1 Å². The van der Waals surface area contributed by atoms with E-state index in [9.17, 15) is 9.59 Å². The lowest BCUT2D eigenvalue weighted by molar-refractivity contribution is -0.131. The Kier molecular flexibility index (Phi) is 5.17. The lowest BCUT2D eigenvalue weighted by Gasteiger charge is -2.37. The van der Waals surface area contributed by atoms with E-state index < -0.39 is 0 Å². The lowest BCUT2D eigenvalue weighted by atomic mass is 10.1. The molecule has 1 N–H and O–H groups in total. The molecule has 0 unspecified atom stereocenters. The molecule has 3 heterocycles. The van der Waals surface area contributed by atoms with Crippen LogP contribution in [0.3, 0.4) is 0 Å². The van der Waals surface area contributed by atoms with Crippen molar-refractivity contribution < 1.29 is 4.79 Å². The third-order valence-corrected chi connectivity index (χ3v) is 6.37. The van der Waals surface area contributed by atoms with E-state index >= 15 is 0 Å². The number of benzene rings is 2. The average molecular weight is 430 g/mol. The van der Waals surface area contributed by atoms with E-state index in [2.05, 4.69) is 46.9 Å². The van der Waals surface area contributed by atoms with Crippen molar-refractivity contribution in [3.05, 3.63) is 70.3 Å². The third kappa shape index (κ3) is 3.64. The Morgan fingerprint density at radius 3 is 2.62 bits per heavy atom. The van der Waals surface area contributed by atoms with E-state index in [1.165, 1.54) is 21.4 Å². The van der Waals surface area contributed by atoms with Gasteiger partial charge in [0.25, 0.3) is 5.56 Å². The number of amides is 1. The van der Waals surface area contributed by atoms with Crippen molar-refractivity contribution in [1.82, 2.24) is 19.4 Å². The van der Waals surface area contributed by atoms with Gasteiger partial charge in [-0.2, -0.15) is 0 Å². The summed E-state index contributed by atoms with van der Waals surface area (Å²) in [6.45, 7) is 7.59. The summed E-state index contributed by atoms with van der Waals surface area (Å²) in [5.74, 6) is 0.0777. The number of hydrogen-bond donors (Lipinski definition) is 1. The van der Waals surface area contributed by atoms with Crippen molar-refractivity contribution in [2.24, 2.45) is 0 Å². The molecule has 2 aromatic carbocycles. The number of aryl methyl sites for hydroxylation is 3. The van der Waals surface area contributed by atoms with E-state index in [4.69, 9.17) is 0 Å². The van der Waals surface area contributed by atoms with Gasteiger partial charge in [-0.1, -0.05) is 35.9 Å². The Balaban J connectivity index is 1.23. The molecule has 1 fully saturated rings. The van der Waals surface area contributed by atoms with Crippen LogP contribution in [-0.4, -0.2) is 51.5 Å². The number of aromatic amines is 1. The minimum Gasteiger partial charge on any atom is -0.368 e. The third-order valence-electron chi connectivity index (χ3n) is 6.37. The van der Waals surface area contributed by atoms with Crippen LogP contribution in [0.2, 0.25) is 0 Å². The molecule has 0 radical (unpaired) electrons. The maximum Gasteiger partial charge on any atom is 0.277 e. The molecule has 32 heavy (non-hydrogen) atoms. The molecule has 0 atom stereocenters. The van der Waals surface area contributed by atoms with Gasteiger partial charge in [0.2, 0.25) is 5.91 Å². The fraction of sp³-hybridized carbons (Fsp3) is 0.320. The van der Waals surface area contributed by atoms with E-state index in [0.29, 0.717) is 30.7 Å². The molecule has 0 bridgehead atoms. The van der Waals surface area contributed by atoms with Gasteiger partial charge in [0.05, 0.1) is 6.33 Å². The second-order valence-corrected chi connectivity index (χ2v) is 8.55. The first kappa shape index (κ1) is 20.3. The highest BCUT2D eigenvalue weighted by molar-refractivity contribution is 6.04. The fourth-order valence-corrected chi connectivity index (χ4v) is 4.63. The smallest absolute Gasteiger partial charge is 0.277 e. The zero-order chi connectivity index (χ0) is 22.2. The number of nitrogens with one attached hydrogen (secondary N) is 1. The first-order valence-electron chi connectivity index (χ1n) is 11.1. The second kappa shape index (κ2) is 8.15. The van der Waals surface area contributed by atoms with Gasteiger partial charge in [0, 0.05) is 55.7 Å². The summed E-state index contributed by atoms with van der Waals surface area (Å²) in [5, 5.41) is 0.935. The molecule has 1 saturated heterocycles. The molecule has 164 valence electrons. The van der Waals surface area contributed by atoms with Gasteiger partial charge >= 0.3 is 0 Å². The number of aromatic nitrogens is 3. The van der Waals surface area contributed by atoms with Crippen LogP contribution >= 0.6 is 0 Å². The van der Waals surface area contributed by atoms with Crippen molar-refractivity contribution in [1.29, 1.82) is 0 Å². The highest BCUT2D eigenvalue weighted by Gasteiger charge is 2.22. The first-order valence-corrected chi connectivity index (χ1v) is 11.1. The van der Waals surface area contributed by atoms with Crippen LogP contribution in [0.25, 0.3) is 21.9 Å². The van der Waals surface area contributed by atoms with Crippen LogP contribution in [-0.2, 0) is 11.3 Å². The molecule has 0 spiro atoms. The summed E-state index contributed by atoms with van der Waals surface area (Å²) < 4.78 is 1.53. The molecular formula is C25H27N5O2. The molecule has 0 saturated carbocycles. The summed E-state index contributed by atoms with van der Waals surface area (Å²) >= 11 is 0. The number of H-pyrrole nitrogens is 1. The average Bonchev–Trinajstić information content (AvgIpc) is 3.18. The first-order chi connectivity index (χ1) is 15.5. The van der Waals surface area contributed by atoms with Crippen LogP contribution in [0.1, 0.15) is 17.5 Å². The maximum absolute atomic E-state index is 12.9. The van der Waals surface area contributed by atoms with Gasteiger partial charge in [-0.3, -0.25) is 14.2 Å². The zero-order valence-corrected chi connectivity index (χ0v) is 18.5. The minimum atomic E-state index is -0.140. The largest absolute Gasteiger partial charge is 0.368 e. The molecular weight excluding hydrogens is 402 g/mol. The molecule has 4 aromatic rings. The van der Waals surface area contributed by atoms with E-state index in [0.717, 1.165) is 24.0 Å². The van der Waals surface area contributed by atoms with Crippen LogP contribution < -0.4 is 10.5 Å². The van der Waals surface area contributed by atoms with Crippen LogP contribution in [0.15, 0.2) is 53.6 Å². The molecule has 1 aliphatic rings. The predicted molar refractivity (Wildman–Crippen MR) is 127 cm³/mol. The SMILES string of the molecule is Cc1ccc(N2CCN(C(=O)CCn3cnc4c([nH]c5ccccc54)c3=O)CC2)c(C)c1. The normalized spacial score (nSPS) is 14.4. The molecule has 7 nitrogen and oxygen atoms in total. The summed E-state index contributed by atoms with van der Waals surface area (Å²) in [5.41, 5.74) is 5.69. The highest BCUT2D eigenvalue weighted by Crippen LogP contribution is 2.23. The Morgan fingerprint density at radius 1 is 1.06 bits per heavy atom. The van der Waals surface area contributed by atoms with Crippen LogP contribution in [0, 0.1) is 13.8 Å². The summed E-state index contributed by atoms with van der Waals surface area (Å²) in [4.78, 5) is 37.6. The Labute approximate surface area is 186 Å². The van der Waals surface area contributed by atoms with Crippen molar-refractivity contribution in [3.63, 3.8) is 0 Å².